The van der Waals surface area contributed by atoms with Gasteiger partial charge in [-0.3, -0.25) is 14.4 Å². The Morgan fingerprint density at radius 2 is 2.03 bits per heavy atom. The number of carbonyl (C=O) groups is 3. The molecule has 2 rings (SSSR count). The van der Waals surface area contributed by atoms with Gasteiger partial charge in [0.15, 0.2) is 0 Å². The zero-order chi connectivity index (χ0) is 24.5. The molecule has 0 aromatic heterocycles. The second-order valence-corrected chi connectivity index (χ2v) is 9.72. The van der Waals surface area contributed by atoms with Gasteiger partial charge < -0.3 is 20.4 Å². The van der Waals surface area contributed by atoms with Crippen molar-refractivity contribution >= 4 is 40.9 Å². The average Bonchev–Trinajstić information content (AvgIpc) is 3.10. The van der Waals surface area contributed by atoms with Crippen molar-refractivity contribution < 1.29 is 14.4 Å². The van der Waals surface area contributed by atoms with Gasteiger partial charge >= 0.3 is 0 Å². The van der Waals surface area contributed by atoms with E-state index in [1.807, 2.05) is 52.0 Å². The summed E-state index contributed by atoms with van der Waals surface area (Å²) in [7, 11) is 1.77. The van der Waals surface area contributed by atoms with E-state index < -0.39 is 5.92 Å². The van der Waals surface area contributed by atoms with Gasteiger partial charge in [0, 0.05) is 50.4 Å². The highest BCUT2D eigenvalue weighted by Gasteiger charge is 2.40. The summed E-state index contributed by atoms with van der Waals surface area (Å²) in [5, 5.41) is 15.1. The van der Waals surface area contributed by atoms with Crippen LogP contribution in [0.2, 0.25) is 0 Å². The minimum atomic E-state index is -0.769. The number of carbonyl (C=O) groups excluding carboxylic acids is 3. The lowest BCUT2D eigenvalue weighted by atomic mass is 10.1. The van der Waals surface area contributed by atoms with E-state index in [0.717, 1.165) is 11.4 Å². The van der Waals surface area contributed by atoms with Crippen molar-refractivity contribution in [2.24, 2.45) is 11.8 Å². The van der Waals surface area contributed by atoms with Gasteiger partial charge in [0.05, 0.1) is 16.7 Å². The third-order valence-corrected chi connectivity index (χ3v) is 7.15. The Morgan fingerprint density at radius 3 is 2.64 bits per heavy atom. The van der Waals surface area contributed by atoms with Crippen molar-refractivity contribution in [1.29, 1.82) is 5.26 Å². The summed E-state index contributed by atoms with van der Waals surface area (Å²) >= 11 is 1.53. The van der Waals surface area contributed by atoms with Crippen LogP contribution in [-0.4, -0.2) is 59.9 Å². The van der Waals surface area contributed by atoms with E-state index in [9.17, 15) is 19.6 Å². The molecule has 0 aliphatic carbocycles. The highest BCUT2D eigenvalue weighted by molar-refractivity contribution is 8.01. The molecule has 2 N–H and O–H groups in total. The summed E-state index contributed by atoms with van der Waals surface area (Å²) in [5.74, 6) is -1.03. The van der Waals surface area contributed by atoms with E-state index in [1.165, 1.54) is 11.8 Å². The van der Waals surface area contributed by atoms with Crippen molar-refractivity contribution in [2.75, 3.05) is 36.9 Å². The van der Waals surface area contributed by atoms with E-state index in [0.29, 0.717) is 32.5 Å². The summed E-state index contributed by atoms with van der Waals surface area (Å²) < 4.78 is 0. The van der Waals surface area contributed by atoms with Gasteiger partial charge in [0.25, 0.3) is 0 Å². The molecule has 0 bridgehead atoms. The number of amides is 3. The highest BCUT2D eigenvalue weighted by Crippen LogP contribution is 2.37. The number of nitrogens with one attached hydrogen (secondary N) is 2. The maximum Gasteiger partial charge on any atom is 0.237 e. The lowest BCUT2D eigenvalue weighted by molar-refractivity contribution is -0.131. The molecule has 180 valence electrons. The van der Waals surface area contributed by atoms with Crippen LogP contribution >= 0.6 is 11.8 Å². The number of nitrogens with zero attached hydrogens (tertiary/aromatic N) is 3. The fraction of sp³-hybridized carbons (Fsp3) is 0.583. The molecule has 33 heavy (non-hydrogen) atoms. The first-order valence-corrected chi connectivity index (χ1v) is 12.4. The number of rotatable bonds is 11. The molecule has 3 amide bonds. The second kappa shape index (κ2) is 12.5. The maximum absolute atomic E-state index is 12.9. The molecule has 1 aromatic carbocycles. The van der Waals surface area contributed by atoms with Crippen LogP contribution in [0.25, 0.3) is 0 Å². The van der Waals surface area contributed by atoms with E-state index in [2.05, 4.69) is 16.7 Å². The molecule has 0 radical (unpaired) electrons. The van der Waals surface area contributed by atoms with Crippen LogP contribution in [0.1, 0.15) is 40.5 Å². The lowest BCUT2D eigenvalue weighted by Crippen LogP contribution is -2.38. The number of nitriles is 1. The summed E-state index contributed by atoms with van der Waals surface area (Å²) in [6.07, 6.45) is 0.953. The number of thioether (sulfide) groups is 1. The van der Waals surface area contributed by atoms with Gasteiger partial charge in [0.2, 0.25) is 17.7 Å². The lowest BCUT2D eigenvalue weighted by Gasteiger charge is -2.23. The van der Waals surface area contributed by atoms with E-state index in [-0.39, 0.29) is 34.3 Å². The quantitative estimate of drug-likeness (QED) is 0.512. The molecule has 3 unspecified atom stereocenters. The van der Waals surface area contributed by atoms with Crippen LogP contribution in [0.5, 0.6) is 0 Å². The van der Waals surface area contributed by atoms with Gasteiger partial charge in [-0.25, -0.2) is 0 Å². The van der Waals surface area contributed by atoms with Crippen LogP contribution in [0, 0.1) is 23.2 Å². The third kappa shape index (κ3) is 6.87. The first-order valence-electron chi connectivity index (χ1n) is 11.5. The summed E-state index contributed by atoms with van der Waals surface area (Å²) in [5.41, 5.74) is 1.70. The Kier molecular flexibility index (Phi) is 10.0. The molecule has 1 heterocycles. The standard InChI is InChI=1S/C24H35N5O3S/c1-6-26-22(30)17(15-25)13-21-29(7-2)24(32)20(33-21)11-12-27-18-9-8-10-19(14-18)28(5)23(31)16(3)4/h8-10,14,16-17,20-21,27H,6-7,11-13H2,1-5H3,(H,26,30). The van der Waals surface area contributed by atoms with Crippen LogP contribution < -0.4 is 15.5 Å². The van der Waals surface area contributed by atoms with Gasteiger partial charge in [-0.05, 0) is 38.5 Å². The van der Waals surface area contributed by atoms with Crippen molar-refractivity contribution in [3.8, 4) is 6.07 Å². The summed E-state index contributed by atoms with van der Waals surface area (Å²) in [4.78, 5) is 40.7. The van der Waals surface area contributed by atoms with Crippen LogP contribution in [0.15, 0.2) is 24.3 Å². The monoisotopic (exact) mass is 473 g/mol. The molecule has 8 nitrogen and oxygen atoms in total. The van der Waals surface area contributed by atoms with Gasteiger partial charge in [-0.1, -0.05) is 19.9 Å². The van der Waals surface area contributed by atoms with Crippen molar-refractivity contribution in [3.63, 3.8) is 0 Å². The molecular formula is C24H35N5O3S. The zero-order valence-corrected chi connectivity index (χ0v) is 20.9. The molecule has 1 aliphatic heterocycles. The summed E-state index contributed by atoms with van der Waals surface area (Å²) in [6.45, 7) is 9.10. The van der Waals surface area contributed by atoms with Crippen molar-refractivity contribution in [2.45, 2.75) is 51.2 Å². The van der Waals surface area contributed by atoms with E-state index in [4.69, 9.17) is 0 Å². The molecule has 1 aliphatic rings. The molecule has 1 fully saturated rings. The molecule has 1 aromatic rings. The second-order valence-electron chi connectivity index (χ2n) is 8.33. The molecular weight excluding hydrogens is 438 g/mol. The largest absolute Gasteiger partial charge is 0.385 e. The molecule has 9 heteroatoms. The maximum atomic E-state index is 12.9. The Bertz CT molecular complexity index is 885. The first kappa shape index (κ1) is 26.5. The number of anilines is 2. The topological polar surface area (TPSA) is 106 Å². The van der Waals surface area contributed by atoms with Crippen LogP contribution in [-0.2, 0) is 14.4 Å². The molecule has 0 saturated carbocycles. The SMILES string of the molecule is CCNC(=O)C(C#N)CC1SC(CCNc2cccc(N(C)C(=O)C(C)C)c2)C(=O)N1CC. The minimum Gasteiger partial charge on any atom is -0.385 e. The van der Waals surface area contributed by atoms with Crippen LogP contribution in [0.3, 0.4) is 0 Å². The van der Waals surface area contributed by atoms with E-state index in [1.54, 1.807) is 16.8 Å². The normalized spacial score (nSPS) is 18.7. The molecule has 3 atom stereocenters. The van der Waals surface area contributed by atoms with Crippen LogP contribution in [0.4, 0.5) is 11.4 Å². The zero-order valence-electron chi connectivity index (χ0n) is 20.1. The Labute approximate surface area is 201 Å². The number of hydrogen-bond acceptors (Lipinski definition) is 6. The number of benzene rings is 1. The average molecular weight is 474 g/mol. The minimum absolute atomic E-state index is 0.0501. The first-order chi connectivity index (χ1) is 15.7. The van der Waals surface area contributed by atoms with Gasteiger partial charge in [-0.15, -0.1) is 11.8 Å². The Balaban J connectivity index is 1.96. The Hall–Kier alpha value is -2.73. The van der Waals surface area contributed by atoms with Crippen molar-refractivity contribution in [1.82, 2.24) is 10.2 Å². The van der Waals surface area contributed by atoms with E-state index >= 15 is 0 Å². The van der Waals surface area contributed by atoms with Crippen molar-refractivity contribution in [3.05, 3.63) is 24.3 Å². The molecule has 1 saturated heterocycles. The predicted molar refractivity (Wildman–Crippen MR) is 133 cm³/mol. The fourth-order valence-corrected chi connectivity index (χ4v) is 5.37. The predicted octanol–water partition coefficient (Wildman–Crippen LogP) is 3.06. The van der Waals surface area contributed by atoms with Gasteiger partial charge in [0.1, 0.15) is 5.92 Å². The summed E-state index contributed by atoms with van der Waals surface area (Å²) in [6, 6.07) is 9.73. The third-order valence-electron chi connectivity index (χ3n) is 5.62. The Morgan fingerprint density at radius 1 is 1.30 bits per heavy atom. The fourth-order valence-electron chi connectivity index (χ4n) is 3.79. The number of hydrogen-bond donors (Lipinski definition) is 2. The smallest absolute Gasteiger partial charge is 0.237 e. The molecule has 0 spiro atoms. The van der Waals surface area contributed by atoms with Gasteiger partial charge in [-0.2, -0.15) is 5.26 Å². The highest BCUT2D eigenvalue weighted by atomic mass is 32.2.